The number of pyridine rings is 3. The fourth-order valence-corrected chi connectivity index (χ4v) is 7.61. The van der Waals surface area contributed by atoms with Crippen LogP contribution < -0.4 is 20.1 Å². The zero-order valence-corrected chi connectivity index (χ0v) is 33.0. The van der Waals surface area contributed by atoms with Crippen LogP contribution in [-0.2, 0) is 22.7 Å². The molecule has 0 spiro atoms. The van der Waals surface area contributed by atoms with Crippen LogP contribution in [0.1, 0.15) is 82.7 Å². The molecule has 2 saturated heterocycles. The molecule has 2 N–H and O–H groups in total. The van der Waals surface area contributed by atoms with Gasteiger partial charge in [0.05, 0.1) is 36.8 Å². The van der Waals surface area contributed by atoms with Gasteiger partial charge in [-0.25, -0.2) is 0 Å². The lowest BCUT2D eigenvalue weighted by Gasteiger charge is -2.34. The van der Waals surface area contributed by atoms with Gasteiger partial charge in [-0.05, 0) is 142 Å². The van der Waals surface area contributed by atoms with E-state index < -0.39 is 0 Å². The fourth-order valence-electron chi connectivity index (χ4n) is 7.61. The molecule has 3 aromatic heterocycles. The largest absolute Gasteiger partial charge is 0.495 e. The summed E-state index contributed by atoms with van der Waals surface area (Å²) in [5.41, 5.74) is 6.10. The van der Waals surface area contributed by atoms with Gasteiger partial charge in [0.15, 0.2) is 0 Å². The zero-order valence-electron chi connectivity index (χ0n) is 33.0. The van der Waals surface area contributed by atoms with Crippen molar-refractivity contribution < 1.29 is 21.9 Å². The summed E-state index contributed by atoms with van der Waals surface area (Å²) in [4.78, 5) is 43.4. The average molecular weight is 772 g/mol. The van der Waals surface area contributed by atoms with Crippen LogP contribution in [0.25, 0.3) is 0 Å². The number of carbonyl (C=O) groups excluding carboxylic acids is 2. The number of rotatable bonds is 12. The number of ether oxygens (including phenoxy) is 2. The molecule has 0 radical (unpaired) electrons. The maximum atomic E-state index is 13.0. The van der Waals surface area contributed by atoms with Gasteiger partial charge in [0.1, 0.15) is 17.2 Å². The Morgan fingerprint density at radius 3 is 1.84 bits per heavy atom. The maximum Gasteiger partial charge on any atom is 0.241 e. The van der Waals surface area contributed by atoms with Crippen molar-refractivity contribution in [2.75, 3.05) is 30.8 Å². The first-order chi connectivity index (χ1) is 27.9. The lowest BCUT2D eigenvalue weighted by Crippen LogP contribution is -2.46. The third kappa shape index (κ3) is 11.0. The van der Waals surface area contributed by atoms with Crippen molar-refractivity contribution in [2.45, 2.75) is 89.4 Å². The summed E-state index contributed by atoms with van der Waals surface area (Å²) in [6, 6.07) is 27.0. The van der Waals surface area contributed by atoms with Crippen LogP contribution in [0.3, 0.4) is 0 Å². The van der Waals surface area contributed by atoms with Gasteiger partial charge in [-0.3, -0.25) is 34.3 Å². The van der Waals surface area contributed by atoms with Crippen molar-refractivity contribution >= 4 is 23.2 Å². The number of benzene rings is 2. The third-order valence-corrected chi connectivity index (χ3v) is 10.9. The summed E-state index contributed by atoms with van der Waals surface area (Å²) < 4.78 is 11.2. The highest BCUT2D eigenvalue weighted by atomic mass is 16.5. The van der Waals surface area contributed by atoms with Gasteiger partial charge in [-0.1, -0.05) is 31.0 Å². The number of aromatic nitrogens is 3. The standard InChI is InChI=1S/C24H26N4O2.C22H27N3O2.2H2/c1-18-6-4-14-26-22(18)17-28-15-3-2-8-23(28)24(29)27-19-9-11-20(12-10-19)30-21-7-5-13-25-16-21;1-27-21-6-4-13-23-19(21)15-25-14-3-2-5-20(25)22(26)24-18-11-9-17(10-12-18)16-7-8-16;;/h4-7,9-14,16,23H,2-3,8,15,17H2,1H3,(H,27,29);4,6,9-13,16,20H,2-3,5,7-8,14-15H2,1H3,(H,24,26);2*1H/t23-;20-;;/m11../s1. The number of likely N-dealkylation sites (tertiary alicyclic amines) is 2. The van der Waals surface area contributed by atoms with Gasteiger partial charge in [-0.2, -0.15) is 0 Å². The van der Waals surface area contributed by atoms with Crippen molar-refractivity contribution in [3.63, 3.8) is 0 Å². The molecule has 0 bridgehead atoms. The molecule has 0 unspecified atom stereocenters. The van der Waals surface area contributed by atoms with Gasteiger partial charge >= 0.3 is 0 Å². The first-order valence-corrected chi connectivity index (χ1v) is 20.2. The van der Waals surface area contributed by atoms with Crippen molar-refractivity contribution in [1.29, 1.82) is 0 Å². The number of hydrogen-bond donors (Lipinski definition) is 2. The number of methoxy groups -OCH3 is 1. The predicted octanol–water partition coefficient (Wildman–Crippen LogP) is 9.02. The summed E-state index contributed by atoms with van der Waals surface area (Å²) in [5, 5.41) is 6.17. The van der Waals surface area contributed by atoms with Crippen LogP contribution >= 0.6 is 0 Å². The van der Waals surface area contributed by atoms with Crippen LogP contribution in [-0.4, -0.2) is 68.8 Å². The molecule has 5 aromatic rings. The molecule has 1 aliphatic carbocycles. The van der Waals surface area contributed by atoms with Crippen LogP contribution in [0.15, 0.2) is 110 Å². The highest BCUT2D eigenvalue weighted by molar-refractivity contribution is 5.95. The lowest BCUT2D eigenvalue weighted by molar-refractivity contribution is -0.123. The Morgan fingerprint density at radius 1 is 0.684 bits per heavy atom. The molecular formula is C46H57N7O4. The average Bonchev–Trinajstić information content (AvgIpc) is 4.10. The van der Waals surface area contributed by atoms with E-state index in [1.807, 2.05) is 72.9 Å². The van der Waals surface area contributed by atoms with E-state index in [9.17, 15) is 9.59 Å². The second-order valence-electron chi connectivity index (χ2n) is 15.1. The van der Waals surface area contributed by atoms with Crippen molar-refractivity contribution in [2.24, 2.45) is 0 Å². The molecule has 8 rings (SSSR count). The monoisotopic (exact) mass is 771 g/mol. The molecule has 11 heteroatoms. The van der Waals surface area contributed by atoms with Crippen molar-refractivity contribution in [3.05, 3.63) is 132 Å². The zero-order chi connectivity index (χ0) is 39.4. The van der Waals surface area contributed by atoms with E-state index in [2.05, 4.69) is 60.5 Å². The number of amides is 2. The van der Waals surface area contributed by atoms with Gasteiger partial charge < -0.3 is 20.1 Å². The summed E-state index contributed by atoms with van der Waals surface area (Å²) in [5.74, 6) is 2.99. The number of hydrogen-bond acceptors (Lipinski definition) is 9. The van der Waals surface area contributed by atoms with Gasteiger partial charge in [0, 0.05) is 45.9 Å². The smallest absolute Gasteiger partial charge is 0.241 e. The normalized spacial score (nSPS) is 18.4. The Balaban J connectivity index is 0.000000218. The molecule has 300 valence electrons. The Hall–Kier alpha value is -5.65. The number of anilines is 2. The molecular weight excluding hydrogens is 715 g/mol. The number of piperidine rings is 2. The number of carbonyl (C=O) groups is 2. The van der Waals surface area contributed by atoms with E-state index in [1.54, 1.807) is 25.7 Å². The number of aryl methyl sites for hydroxylation is 1. The fraction of sp³-hybridized carbons (Fsp3) is 0.370. The summed E-state index contributed by atoms with van der Waals surface area (Å²) >= 11 is 0. The van der Waals surface area contributed by atoms with E-state index in [-0.39, 0.29) is 26.8 Å². The molecule has 1 saturated carbocycles. The van der Waals surface area contributed by atoms with E-state index in [0.29, 0.717) is 24.6 Å². The predicted molar refractivity (Wildman–Crippen MR) is 227 cm³/mol. The molecule has 2 aromatic carbocycles. The van der Waals surface area contributed by atoms with E-state index in [1.165, 1.54) is 18.4 Å². The maximum absolute atomic E-state index is 13.0. The minimum Gasteiger partial charge on any atom is -0.495 e. The van der Waals surface area contributed by atoms with Gasteiger partial charge in [0.25, 0.3) is 0 Å². The highest BCUT2D eigenvalue weighted by Gasteiger charge is 2.31. The van der Waals surface area contributed by atoms with Gasteiger partial charge in [0.2, 0.25) is 11.8 Å². The molecule has 5 heterocycles. The first kappa shape index (κ1) is 39.6. The molecule has 2 aliphatic heterocycles. The summed E-state index contributed by atoms with van der Waals surface area (Å²) in [7, 11) is 1.66. The second-order valence-corrected chi connectivity index (χ2v) is 15.1. The van der Waals surface area contributed by atoms with Crippen LogP contribution in [0.4, 0.5) is 11.4 Å². The molecule has 2 atom stereocenters. The minimum atomic E-state index is -0.147. The van der Waals surface area contributed by atoms with Crippen LogP contribution in [0, 0.1) is 6.92 Å². The molecule has 11 nitrogen and oxygen atoms in total. The van der Waals surface area contributed by atoms with Crippen molar-refractivity contribution in [3.8, 4) is 17.2 Å². The van der Waals surface area contributed by atoms with E-state index in [4.69, 9.17) is 9.47 Å². The molecule has 2 amide bonds. The number of nitrogens with one attached hydrogen (secondary N) is 2. The SMILES string of the molecule is COc1cccnc1CN1CCCC[C@@H]1C(=O)Nc1ccc(C2CC2)cc1.Cc1cccnc1CN1CCCC[C@@H]1C(=O)Nc1ccc(Oc2cccnc2)cc1.[HH].[HH]. The Kier molecular flexibility index (Phi) is 13.5. The molecule has 3 fully saturated rings. The molecule has 57 heavy (non-hydrogen) atoms. The highest BCUT2D eigenvalue weighted by Crippen LogP contribution is 2.40. The Morgan fingerprint density at radius 2 is 1.26 bits per heavy atom. The summed E-state index contributed by atoms with van der Waals surface area (Å²) in [6.45, 7) is 5.20. The Bertz CT molecular complexity index is 2070. The molecule has 3 aliphatic rings. The second kappa shape index (κ2) is 19.5. The van der Waals surface area contributed by atoms with Crippen LogP contribution in [0.5, 0.6) is 17.2 Å². The quantitative estimate of drug-likeness (QED) is 0.128. The Labute approximate surface area is 338 Å². The van der Waals surface area contributed by atoms with Gasteiger partial charge in [-0.15, -0.1) is 0 Å². The minimum absolute atomic E-state index is 0. The van der Waals surface area contributed by atoms with Crippen molar-refractivity contribution in [1.82, 2.24) is 24.8 Å². The summed E-state index contributed by atoms with van der Waals surface area (Å²) in [6.07, 6.45) is 15.6. The first-order valence-electron chi connectivity index (χ1n) is 20.2. The number of nitrogens with zero attached hydrogens (tertiary/aromatic N) is 5. The van der Waals surface area contributed by atoms with Crippen LogP contribution in [0.2, 0.25) is 0 Å². The topological polar surface area (TPSA) is 122 Å². The van der Waals surface area contributed by atoms with E-state index in [0.717, 1.165) is 91.6 Å². The third-order valence-electron chi connectivity index (χ3n) is 10.9. The van der Waals surface area contributed by atoms with E-state index >= 15 is 0 Å². The lowest BCUT2D eigenvalue weighted by atomic mass is 10.0.